The highest BCUT2D eigenvalue weighted by Crippen LogP contribution is 2.46. The number of Topliss-reactive ketones (excluding diaryl/α,β-unsaturated/α-hetero) is 1. The van der Waals surface area contributed by atoms with E-state index in [4.69, 9.17) is 19.7 Å². The molecule has 1 saturated heterocycles. The van der Waals surface area contributed by atoms with E-state index < -0.39 is 30.6 Å². The van der Waals surface area contributed by atoms with Gasteiger partial charge in [-0.1, -0.05) is 64.1 Å². The van der Waals surface area contributed by atoms with E-state index in [2.05, 4.69) is 88.1 Å². The molecule has 0 atom stereocenters. The monoisotopic (exact) mass is 579 g/mol. The van der Waals surface area contributed by atoms with E-state index >= 15 is 0 Å². The van der Waals surface area contributed by atoms with Crippen LogP contribution in [0.15, 0.2) is 42.5 Å². The molecule has 1 heterocycles. The number of aliphatic carboxylic acids is 2. The molecule has 228 valence electrons. The van der Waals surface area contributed by atoms with Crippen LogP contribution in [-0.2, 0) is 30.0 Å². The summed E-state index contributed by atoms with van der Waals surface area (Å²) in [7, 11) is 0. The van der Waals surface area contributed by atoms with Gasteiger partial charge in [-0.2, -0.15) is 0 Å². The van der Waals surface area contributed by atoms with Crippen molar-refractivity contribution in [3.63, 3.8) is 0 Å². The average molecular weight is 580 g/mol. The van der Waals surface area contributed by atoms with Crippen LogP contribution in [0, 0.1) is 0 Å². The third kappa shape index (κ3) is 9.53. The van der Waals surface area contributed by atoms with Gasteiger partial charge in [-0.3, -0.25) is 14.5 Å². The molecule has 0 radical (unpaired) electrons. The summed E-state index contributed by atoms with van der Waals surface area (Å²) in [6.45, 7) is 17.1. The van der Waals surface area contributed by atoms with Gasteiger partial charge in [0.25, 0.3) is 0 Å². The molecule has 1 aliphatic heterocycles. The third-order valence-corrected chi connectivity index (χ3v) is 8.16. The second kappa shape index (κ2) is 14.6. The van der Waals surface area contributed by atoms with E-state index in [1.165, 1.54) is 40.7 Å². The van der Waals surface area contributed by atoms with Gasteiger partial charge < -0.3 is 19.7 Å². The molecule has 42 heavy (non-hydrogen) atoms. The summed E-state index contributed by atoms with van der Waals surface area (Å²) in [6, 6.07) is 15.6. The molecule has 0 aromatic heterocycles. The molecule has 1 aliphatic carbocycles. The number of morpholine rings is 1. The molecule has 2 aliphatic rings. The summed E-state index contributed by atoms with van der Waals surface area (Å²) in [5.74, 6) is -2.89. The van der Waals surface area contributed by atoms with Crippen LogP contribution in [-0.4, -0.2) is 72.3 Å². The smallest absolute Gasteiger partial charge is 0.372 e. The number of fused-ring (bicyclic) bond motifs is 1. The number of allylic oxidation sites excluding steroid dienone is 1. The van der Waals surface area contributed by atoms with Crippen molar-refractivity contribution in [2.45, 2.75) is 71.1 Å². The minimum Gasteiger partial charge on any atom is -0.492 e. The zero-order chi connectivity index (χ0) is 30.9. The molecule has 0 saturated carbocycles. The van der Waals surface area contributed by atoms with Crippen molar-refractivity contribution >= 4 is 29.4 Å². The van der Waals surface area contributed by atoms with E-state index in [9.17, 15) is 14.4 Å². The Morgan fingerprint density at radius 1 is 0.905 bits per heavy atom. The van der Waals surface area contributed by atoms with Crippen LogP contribution in [0.5, 0.6) is 5.75 Å². The number of rotatable bonds is 10. The minimum atomic E-state index is -1.58. The van der Waals surface area contributed by atoms with Gasteiger partial charge in [0.05, 0.1) is 19.6 Å². The van der Waals surface area contributed by atoms with Gasteiger partial charge >= 0.3 is 11.9 Å². The van der Waals surface area contributed by atoms with Crippen molar-refractivity contribution in [3.8, 4) is 5.75 Å². The van der Waals surface area contributed by atoms with Gasteiger partial charge in [-0.25, -0.2) is 4.79 Å². The lowest BCUT2D eigenvalue weighted by Gasteiger charge is -2.42. The maximum atomic E-state index is 10.2. The summed E-state index contributed by atoms with van der Waals surface area (Å²) < 4.78 is 11.4. The topological polar surface area (TPSA) is 113 Å². The first kappa shape index (κ1) is 33.0. The normalized spacial score (nSPS) is 17.8. The zero-order valence-electron chi connectivity index (χ0n) is 25.6. The summed E-state index contributed by atoms with van der Waals surface area (Å²) in [4.78, 5) is 32.1. The van der Waals surface area contributed by atoms with Crippen molar-refractivity contribution < 1.29 is 34.1 Å². The summed E-state index contributed by atoms with van der Waals surface area (Å²) in [6.07, 6.45) is 3.91. The standard InChI is InChI=1S/C29H39NO2.C5H6O5/c1-22(24-8-11-26-27(21-24)29(4,5)13-12-28(26,2)3)20-23-6-9-25(10-7-23)32-19-16-30-14-17-31-18-15-30;6-3(5(9)10)1-2-4(7)8/h6-11,20-21H,12-19H2,1-5H3;1-2H2,(H,7,8)(H,9,10)/b22-20+;. The van der Waals surface area contributed by atoms with Crippen LogP contribution in [0.4, 0.5) is 0 Å². The Bertz CT molecular complexity index is 1270. The molecule has 0 bridgehead atoms. The number of ether oxygens (including phenoxy) is 2. The quantitative estimate of drug-likeness (QED) is 0.268. The maximum Gasteiger partial charge on any atom is 0.372 e. The number of hydrogen-bond donors (Lipinski definition) is 2. The highest BCUT2D eigenvalue weighted by molar-refractivity contribution is 6.32. The van der Waals surface area contributed by atoms with Crippen LogP contribution in [0.3, 0.4) is 0 Å². The number of carbonyl (C=O) groups excluding carboxylic acids is 1. The van der Waals surface area contributed by atoms with Gasteiger partial charge in [0, 0.05) is 26.1 Å². The fraction of sp³-hybridized carbons (Fsp3) is 0.500. The number of ketones is 1. The Kier molecular flexibility index (Phi) is 11.5. The molecule has 8 heteroatoms. The predicted molar refractivity (Wildman–Crippen MR) is 164 cm³/mol. The van der Waals surface area contributed by atoms with Crippen molar-refractivity contribution in [2.24, 2.45) is 0 Å². The second-order valence-corrected chi connectivity index (χ2v) is 12.3. The number of benzene rings is 2. The molecule has 2 aromatic rings. The zero-order valence-corrected chi connectivity index (χ0v) is 25.6. The van der Waals surface area contributed by atoms with Gasteiger partial charge in [0.1, 0.15) is 12.4 Å². The van der Waals surface area contributed by atoms with Crippen molar-refractivity contribution in [2.75, 3.05) is 39.5 Å². The minimum absolute atomic E-state index is 0.237. The first-order valence-electron chi connectivity index (χ1n) is 14.6. The number of carboxylic acid groups (broad SMARTS) is 2. The predicted octanol–water partition coefficient (Wildman–Crippen LogP) is 5.81. The molecule has 8 nitrogen and oxygen atoms in total. The third-order valence-electron chi connectivity index (χ3n) is 8.16. The van der Waals surface area contributed by atoms with Gasteiger partial charge in [-0.05, 0) is 70.6 Å². The highest BCUT2D eigenvalue weighted by Gasteiger charge is 2.36. The fourth-order valence-corrected chi connectivity index (χ4v) is 5.27. The summed E-state index contributed by atoms with van der Waals surface area (Å²) in [5, 5.41) is 16.0. The number of carbonyl (C=O) groups is 3. The molecule has 0 amide bonds. The molecule has 2 N–H and O–H groups in total. The van der Waals surface area contributed by atoms with Crippen LogP contribution in [0.1, 0.15) is 82.6 Å². The van der Waals surface area contributed by atoms with Crippen LogP contribution in [0.2, 0.25) is 0 Å². The van der Waals surface area contributed by atoms with E-state index in [1.54, 1.807) is 0 Å². The lowest BCUT2D eigenvalue weighted by molar-refractivity contribution is -0.149. The van der Waals surface area contributed by atoms with E-state index in [-0.39, 0.29) is 10.8 Å². The van der Waals surface area contributed by atoms with Crippen molar-refractivity contribution in [1.29, 1.82) is 0 Å². The maximum absolute atomic E-state index is 10.2. The lowest BCUT2D eigenvalue weighted by Crippen LogP contribution is -2.38. The molecule has 0 spiro atoms. The first-order chi connectivity index (χ1) is 19.8. The molecule has 2 aromatic carbocycles. The largest absolute Gasteiger partial charge is 0.492 e. The number of carboxylic acids is 2. The SMILES string of the molecule is C/C(=C\c1ccc(OCCN2CCOCC2)cc1)c1ccc2c(c1)C(C)(C)CCC2(C)C.O=C(O)CCC(=O)C(=O)O. The van der Waals surface area contributed by atoms with Crippen LogP contribution >= 0.6 is 0 Å². The summed E-state index contributed by atoms with van der Waals surface area (Å²) in [5.41, 5.74) is 7.36. The lowest BCUT2D eigenvalue weighted by atomic mass is 9.63. The molecule has 1 fully saturated rings. The summed E-state index contributed by atoms with van der Waals surface area (Å²) >= 11 is 0. The Morgan fingerprint density at radius 3 is 2.12 bits per heavy atom. The van der Waals surface area contributed by atoms with E-state index in [1.807, 2.05) is 0 Å². The number of hydrogen-bond acceptors (Lipinski definition) is 6. The second-order valence-electron chi connectivity index (χ2n) is 12.3. The Morgan fingerprint density at radius 2 is 1.52 bits per heavy atom. The van der Waals surface area contributed by atoms with Gasteiger partial charge in [-0.15, -0.1) is 0 Å². The first-order valence-corrected chi connectivity index (χ1v) is 14.6. The van der Waals surface area contributed by atoms with Crippen molar-refractivity contribution in [1.82, 2.24) is 4.90 Å². The van der Waals surface area contributed by atoms with Gasteiger partial charge in [0.15, 0.2) is 0 Å². The molecular weight excluding hydrogens is 534 g/mol. The van der Waals surface area contributed by atoms with E-state index in [0.717, 1.165) is 45.2 Å². The molecular formula is C34H45NO7. The Balaban J connectivity index is 0.000000416. The Hall–Kier alpha value is -3.49. The average Bonchev–Trinajstić information content (AvgIpc) is 2.96. The molecule has 4 rings (SSSR count). The Labute approximate surface area is 249 Å². The highest BCUT2D eigenvalue weighted by atomic mass is 16.5. The van der Waals surface area contributed by atoms with Crippen LogP contribution < -0.4 is 4.74 Å². The fourth-order valence-electron chi connectivity index (χ4n) is 5.27. The van der Waals surface area contributed by atoms with Gasteiger partial charge in [0.2, 0.25) is 5.78 Å². The van der Waals surface area contributed by atoms with E-state index in [0.29, 0.717) is 0 Å². The van der Waals surface area contributed by atoms with Crippen LogP contribution in [0.25, 0.3) is 11.6 Å². The van der Waals surface area contributed by atoms with Crippen molar-refractivity contribution in [3.05, 3.63) is 64.7 Å². The number of nitrogens with zero attached hydrogens (tertiary/aromatic N) is 1. The molecule has 0 unspecified atom stereocenters.